The lowest BCUT2D eigenvalue weighted by Gasteiger charge is -2.28. The van der Waals surface area contributed by atoms with E-state index in [9.17, 15) is 0 Å². The quantitative estimate of drug-likeness (QED) is 0.331. The summed E-state index contributed by atoms with van der Waals surface area (Å²) in [5.74, 6) is 0.887. The van der Waals surface area contributed by atoms with E-state index in [0.717, 1.165) is 5.92 Å². The third kappa shape index (κ3) is 12.2. The fourth-order valence-corrected chi connectivity index (χ4v) is 3.41. The van der Waals surface area contributed by atoms with E-state index in [2.05, 4.69) is 39.9 Å². The van der Waals surface area contributed by atoms with E-state index in [1.165, 1.54) is 77.0 Å². The molecule has 0 bridgehead atoms. The topological polar surface area (TPSA) is 12.0 Å². The molecular weight excluding hydrogens is 254 g/mol. The molecule has 0 radical (unpaired) electrons. The van der Waals surface area contributed by atoms with Crippen LogP contribution in [0.4, 0.5) is 0 Å². The summed E-state index contributed by atoms with van der Waals surface area (Å²) in [6, 6.07) is 1.37. The van der Waals surface area contributed by atoms with Crippen LogP contribution in [0.3, 0.4) is 0 Å². The van der Waals surface area contributed by atoms with Gasteiger partial charge in [-0.3, -0.25) is 0 Å². The number of hydrogen-bond donors (Lipinski definition) is 1. The largest absolute Gasteiger partial charge is 0.312 e. The molecule has 1 N–H and O–H groups in total. The Morgan fingerprint density at radius 1 is 0.619 bits per heavy atom. The first kappa shape index (κ1) is 21.0. The van der Waals surface area contributed by atoms with Crippen LogP contribution in [0.2, 0.25) is 0 Å². The predicted molar refractivity (Wildman–Crippen MR) is 98.0 cm³/mol. The van der Waals surface area contributed by atoms with Gasteiger partial charge in [0.2, 0.25) is 0 Å². The first-order valence-corrected chi connectivity index (χ1v) is 9.91. The fraction of sp³-hybridized carbons (Fsp3) is 1.00. The minimum absolute atomic E-state index is 0.679. The monoisotopic (exact) mass is 297 g/mol. The van der Waals surface area contributed by atoms with E-state index in [4.69, 9.17) is 0 Å². The van der Waals surface area contributed by atoms with Crippen molar-refractivity contribution in [1.29, 1.82) is 0 Å². The summed E-state index contributed by atoms with van der Waals surface area (Å²) < 4.78 is 0. The number of nitrogens with one attached hydrogen (secondary N) is 1. The van der Waals surface area contributed by atoms with E-state index < -0.39 is 0 Å². The van der Waals surface area contributed by atoms with E-state index in [1.807, 2.05) is 0 Å². The average Bonchev–Trinajstić information content (AvgIpc) is 2.45. The SMILES string of the molecule is CCCCCCC(CCCCCC)[C@@H](C)NC(C)CCC. The second-order valence-electron chi connectivity index (χ2n) is 7.10. The Bertz CT molecular complexity index is 190. The molecule has 0 amide bonds. The standard InChI is InChI=1S/C20H43N/c1-6-9-11-13-16-20(17-14-12-10-7-2)19(5)21-18(4)15-8-3/h18-21H,6-17H2,1-5H3/t18?,19-/m1/s1. The van der Waals surface area contributed by atoms with Crippen LogP contribution >= 0.6 is 0 Å². The lowest BCUT2D eigenvalue weighted by Crippen LogP contribution is -2.39. The van der Waals surface area contributed by atoms with Crippen LogP contribution < -0.4 is 5.32 Å². The Kier molecular flexibility index (Phi) is 14.9. The summed E-state index contributed by atoms with van der Waals surface area (Å²) in [5.41, 5.74) is 0. The van der Waals surface area contributed by atoms with Crippen molar-refractivity contribution in [2.24, 2.45) is 5.92 Å². The fourth-order valence-electron chi connectivity index (χ4n) is 3.41. The number of rotatable bonds is 15. The Morgan fingerprint density at radius 3 is 1.57 bits per heavy atom. The van der Waals surface area contributed by atoms with Gasteiger partial charge in [-0.1, -0.05) is 78.6 Å². The maximum absolute atomic E-state index is 3.86. The van der Waals surface area contributed by atoms with Crippen molar-refractivity contribution >= 4 is 0 Å². The molecule has 0 saturated carbocycles. The lowest BCUT2D eigenvalue weighted by atomic mass is 9.88. The Labute approximate surface area is 135 Å². The molecule has 1 nitrogen and oxygen atoms in total. The highest BCUT2D eigenvalue weighted by Crippen LogP contribution is 2.22. The van der Waals surface area contributed by atoms with Crippen LogP contribution in [0.15, 0.2) is 0 Å². The normalized spacial score (nSPS) is 14.6. The van der Waals surface area contributed by atoms with Gasteiger partial charge in [0.1, 0.15) is 0 Å². The molecule has 21 heavy (non-hydrogen) atoms. The van der Waals surface area contributed by atoms with Gasteiger partial charge in [-0.15, -0.1) is 0 Å². The van der Waals surface area contributed by atoms with E-state index in [0.29, 0.717) is 12.1 Å². The second-order valence-corrected chi connectivity index (χ2v) is 7.10. The first-order chi connectivity index (χ1) is 10.2. The first-order valence-electron chi connectivity index (χ1n) is 9.91. The molecule has 128 valence electrons. The predicted octanol–water partition coefficient (Wildman–Crippen LogP) is 6.71. The third-order valence-electron chi connectivity index (χ3n) is 4.83. The van der Waals surface area contributed by atoms with Crippen LogP contribution in [0.5, 0.6) is 0 Å². The van der Waals surface area contributed by atoms with Gasteiger partial charge in [0.05, 0.1) is 0 Å². The molecule has 0 aliphatic carbocycles. The van der Waals surface area contributed by atoms with Crippen LogP contribution in [-0.2, 0) is 0 Å². The summed E-state index contributed by atoms with van der Waals surface area (Å²) >= 11 is 0. The van der Waals surface area contributed by atoms with Gasteiger partial charge in [0.25, 0.3) is 0 Å². The molecule has 0 aliphatic rings. The summed E-state index contributed by atoms with van der Waals surface area (Å²) in [6.07, 6.45) is 16.7. The molecule has 0 aromatic rings. The highest BCUT2D eigenvalue weighted by atomic mass is 14.9. The van der Waals surface area contributed by atoms with Crippen molar-refractivity contribution in [1.82, 2.24) is 5.32 Å². The molecule has 0 aliphatic heterocycles. The molecular formula is C20H43N. The Balaban J connectivity index is 4.12. The molecule has 0 saturated heterocycles. The minimum Gasteiger partial charge on any atom is -0.312 e. The van der Waals surface area contributed by atoms with Crippen LogP contribution in [0, 0.1) is 5.92 Å². The Hall–Kier alpha value is -0.0400. The molecule has 0 rings (SSSR count). The van der Waals surface area contributed by atoms with E-state index in [-0.39, 0.29) is 0 Å². The van der Waals surface area contributed by atoms with Gasteiger partial charge in [-0.05, 0) is 39.0 Å². The molecule has 2 atom stereocenters. The molecule has 0 spiro atoms. The summed E-state index contributed by atoms with van der Waals surface area (Å²) in [6.45, 7) is 11.7. The van der Waals surface area contributed by atoms with Crippen molar-refractivity contribution in [2.75, 3.05) is 0 Å². The van der Waals surface area contributed by atoms with Crippen molar-refractivity contribution in [3.8, 4) is 0 Å². The zero-order chi connectivity index (χ0) is 15.9. The second kappa shape index (κ2) is 14.9. The third-order valence-corrected chi connectivity index (χ3v) is 4.83. The van der Waals surface area contributed by atoms with Gasteiger partial charge in [-0.25, -0.2) is 0 Å². The molecule has 1 heteroatoms. The molecule has 0 aromatic carbocycles. The van der Waals surface area contributed by atoms with Crippen LogP contribution in [0.25, 0.3) is 0 Å². The van der Waals surface area contributed by atoms with Crippen LogP contribution in [-0.4, -0.2) is 12.1 Å². The molecule has 1 unspecified atom stereocenters. The van der Waals surface area contributed by atoms with Crippen molar-refractivity contribution in [3.05, 3.63) is 0 Å². The van der Waals surface area contributed by atoms with E-state index >= 15 is 0 Å². The summed E-state index contributed by atoms with van der Waals surface area (Å²) in [5, 5.41) is 3.86. The van der Waals surface area contributed by atoms with Gasteiger partial charge >= 0.3 is 0 Å². The van der Waals surface area contributed by atoms with E-state index in [1.54, 1.807) is 0 Å². The number of hydrogen-bond acceptors (Lipinski definition) is 1. The highest BCUT2D eigenvalue weighted by molar-refractivity contribution is 4.75. The average molecular weight is 298 g/mol. The van der Waals surface area contributed by atoms with Crippen molar-refractivity contribution in [3.63, 3.8) is 0 Å². The minimum atomic E-state index is 0.679. The zero-order valence-corrected chi connectivity index (χ0v) is 15.7. The van der Waals surface area contributed by atoms with Gasteiger partial charge < -0.3 is 5.32 Å². The lowest BCUT2D eigenvalue weighted by molar-refractivity contribution is 0.290. The molecule has 0 fully saturated rings. The zero-order valence-electron chi connectivity index (χ0n) is 15.7. The van der Waals surface area contributed by atoms with Crippen LogP contribution in [0.1, 0.15) is 112 Å². The van der Waals surface area contributed by atoms with Gasteiger partial charge in [0.15, 0.2) is 0 Å². The van der Waals surface area contributed by atoms with Crippen molar-refractivity contribution < 1.29 is 0 Å². The molecule has 0 heterocycles. The van der Waals surface area contributed by atoms with Gasteiger partial charge in [-0.2, -0.15) is 0 Å². The number of unbranched alkanes of at least 4 members (excludes halogenated alkanes) is 6. The smallest absolute Gasteiger partial charge is 0.00694 e. The van der Waals surface area contributed by atoms with Gasteiger partial charge in [0, 0.05) is 12.1 Å². The molecule has 0 aromatic heterocycles. The Morgan fingerprint density at radius 2 is 1.14 bits per heavy atom. The van der Waals surface area contributed by atoms with Crippen molar-refractivity contribution in [2.45, 2.75) is 124 Å². The summed E-state index contributed by atoms with van der Waals surface area (Å²) in [7, 11) is 0. The maximum atomic E-state index is 3.86. The highest BCUT2D eigenvalue weighted by Gasteiger charge is 2.18. The maximum Gasteiger partial charge on any atom is 0.00694 e. The summed E-state index contributed by atoms with van der Waals surface area (Å²) in [4.78, 5) is 0.